The Morgan fingerprint density at radius 3 is 2.72 bits per heavy atom. The molecule has 2 aromatic heterocycles. The minimum Gasteiger partial charge on any atom is -0.480 e. The predicted molar refractivity (Wildman–Crippen MR) is 132 cm³/mol. The van der Waals surface area contributed by atoms with Crippen LogP contribution in [0, 0.1) is 6.92 Å². The Hall–Kier alpha value is -2.67. The lowest BCUT2D eigenvalue weighted by Gasteiger charge is -2.38. The molecule has 4 aromatic rings. The quantitative estimate of drug-likeness (QED) is 0.375. The number of hydrogen-bond donors (Lipinski definition) is 1. The van der Waals surface area contributed by atoms with Gasteiger partial charge in [-0.05, 0) is 66.8 Å². The monoisotopic (exact) mass is 485 g/mol. The van der Waals surface area contributed by atoms with Gasteiger partial charge in [0.2, 0.25) is 0 Å². The first kappa shape index (κ1) is 22.5. The molecule has 3 heterocycles. The number of thiazole rings is 1. The van der Waals surface area contributed by atoms with E-state index >= 15 is 0 Å². The molecule has 1 aliphatic heterocycles. The highest BCUT2D eigenvalue weighted by Crippen LogP contribution is 2.35. The molecule has 0 unspecified atom stereocenters. The number of anilines is 1. The minimum absolute atomic E-state index is 0. The van der Waals surface area contributed by atoms with Gasteiger partial charge in [-0.15, -0.1) is 23.7 Å². The molecule has 8 heteroatoms. The van der Waals surface area contributed by atoms with E-state index < -0.39 is 12.0 Å². The lowest BCUT2D eigenvalue weighted by molar-refractivity contribution is -0.140. The zero-order chi connectivity index (χ0) is 21.5. The van der Waals surface area contributed by atoms with Gasteiger partial charge in [-0.2, -0.15) is 0 Å². The van der Waals surface area contributed by atoms with Gasteiger partial charge in [0.25, 0.3) is 0 Å². The first-order chi connectivity index (χ1) is 15.0. The summed E-state index contributed by atoms with van der Waals surface area (Å²) >= 11 is 7.93. The fraction of sp³-hybridized carbons (Fsp3) is 0.208. The third-order valence-corrected chi connectivity index (χ3v) is 6.77. The number of carbonyl (C=O) groups is 1. The molecule has 5 nitrogen and oxygen atoms in total. The Labute approximate surface area is 201 Å². The topological polar surface area (TPSA) is 66.3 Å². The van der Waals surface area contributed by atoms with E-state index in [-0.39, 0.29) is 12.4 Å². The summed E-state index contributed by atoms with van der Waals surface area (Å²) in [6, 6.07) is 15.7. The molecule has 1 N–H and O–H groups in total. The van der Waals surface area contributed by atoms with E-state index in [2.05, 4.69) is 23.2 Å². The molecular formula is C24H21Cl2N3O2S. The molecule has 5 rings (SSSR count). The number of aromatic nitrogens is 2. The van der Waals surface area contributed by atoms with Crippen LogP contribution in [-0.4, -0.2) is 33.6 Å². The normalized spacial score (nSPS) is 15.3. The third kappa shape index (κ3) is 4.31. The van der Waals surface area contributed by atoms with Crippen LogP contribution in [0.2, 0.25) is 5.02 Å². The standard InChI is InChI=1S/C24H20ClN3O2S.ClH/c1-14-27-23-19(17-3-2-4-18(25)12-17)10-16(11-21(23)31-14)9-15-5-6-22(26-13-15)28-8-7-20(28)24(29)30;/h2-6,10-13,20H,7-9H2,1H3,(H,29,30);1H/t20-;/m0./s1. The molecule has 164 valence electrons. The van der Waals surface area contributed by atoms with Crippen LogP contribution < -0.4 is 4.90 Å². The maximum absolute atomic E-state index is 11.3. The van der Waals surface area contributed by atoms with Gasteiger partial charge in [-0.25, -0.2) is 14.8 Å². The number of carboxylic acids is 1. The molecule has 32 heavy (non-hydrogen) atoms. The first-order valence-corrected chi connectivity index (χ1v) is 11.3. The summed E-state index contributed by atoms with van der Waals surface area (Å²) in [4.78, 5) is 22.4. The molecule has 0 aliphatic carbocycles. The van der Waals surface area contributed by atoms with Crippen molar-refractivity contribution in [3.05, 3.63) is 75.9 Å². The Morgan fingerprint density at radius 2 is 2.06 bits per heavy atom. The zero-order valence-corrected chi connectivity index (χ0v) is 19.7. The van der Waals surface area contributed by atoms with Gasteiger partial charge in [0, 0.05) is 23.3 Å². The molecule has 1 fully saturated rings. The lowest BCUT2D eigenvalue weighted by atomic mass is 9.98. The Bertz CT molecular complexity index is 1290. The number of fused-ring (bicyclic) bond motifs is 1. The highest BCUT2D eigenvalue weighted by molar-refractivity contribution is 7.18. The summed E-state index contributed by atoms with van der Waals surface area (Å²) in [5, 5.41) is 11.0. The molecule has 2 aromatic carbocycles. The van der Waals surface area contributed by atoms with E-state index in [1.807, 2.05) is 48.4 Å². The largest absolute Gasteiger partial charge is 0.480 e. The smallest absolute Gasteiger partial charge is 0.326 e. The minimum atomic E-state index is -0.793. The number of carboxylic acid groups (broad SMARTS) is 1. The van der Waals surface area contributed by atoms with E-state index in [1.165, 1.54) is 5.56 Å². The van der Waals surface area contributed by atoms with Gasteiger partial charge < -0.3 is 10.0 Å². The van der Waals surface area contributed by atoms with Crippen LogP contribution in [0.1, 0.15) is 22.6 Å². The molecule has 0 bridgehead atoms. The predicted octanol–water partition coefficient (Wildman–Crippen LogP) is 6.00. The Morgan fingerprint density at radius 1 is 1.22 bits per heavy atom. The molecular weight excluding hydrogens is 465 g/mol. The zero-order valence-electron chi connectivity index (χ0n) is 17.3. The summed E-state index contributed by atoms with van der Waals surface area (Å²) < 4.78 is 1.15. The number of rotatable bonds is 5. The number of hydrogen-bond acceptors (Lipinski definition) is 5. The van der Waals surface area contributed by atoms with Crippen molar-refractivity contribution in [3.63, 3.8) is 0 Å². The van der Waals surface area contributed by atoms with Gasteiger partial charge in [0.15, 0.2) is 0 Å². The van der Waals surface area contributed by atoms with Crippen LogP contribution in [0.5, 0.6) is 0 Å². The molecule has 0 amide bonds. The van der Waals surface area contributed by atoms with Gasteiger partial charge in [0.1, 0.15) is 11.9 Å². The first-order valence-electron chi connectivity index (χ1n) is 10.1. The van der Waals surface area contributed by atoms with Gasteiger partial charge in [-0.3, -0.25) is 0 Å². The van der Waals surface area contributed by atoms with E-state index in [1.54, 1.807) is 11.3 Å². The third-order valence-electron chi connectivity index (χ3n) is 5.61. The Kier molecular flexibility index (Phi) is 6.38. The van der Waals surface area contributed by atoms with Crippen molar-refractivity contribution in [3.8, 4) is 11.1 Å². The summed E-state index contributed by atoms with van der Waals surface area (Å²) in [6.45, 7) is 2.75. The molecule has 1 aliphatic rings. The molecule has 1 atom stereocenters. The second-order valence-electron chi connectivity index (χ2n) is 7.77. The Balaban J connectivity index is 0.00000245. The van der Waals surface area contributed by atoms with E-state index in [0.717, 1.165) is 50.7 Å². The maximum Gasteiger partial charge on any atom is 0.326 e. The number of pyridine rings is 1. The second kappa shape index (κ2) is 9.06. The molecule has 0 saturated carbocycles. The van der Waals surface area contributed by atoms with Crippen molar-refractivity contribution >= 4 is 57.3 Å². The van der Waals surface area contributed by atoms with Crippen molar-refractivity contribution in [2.75, 3.05) is 11.4 Å². The summed E-state index contributed by atoms with van der Waals surface area (Å²) in [5.41, 5.74) is 5.38. The fourth-order valence-corrected chi connectivity index (χ4v) is 5.13. The number of halogens is 2. The van der Waals surface area contributed by atoms with Gasteiger partial charge >= 0.3 is 5.97 Å². The molecule has 1 saturated heterocycles. The average molecular weight is 486 g/mol. The number of benzene rings is 2. The van der Waals surface area contributed by atoms with Crippen LogP contribution in [0.4, 0.5) is 5.82 Å². The van der Waals surface area contributed by atoms with Crippen molar-refractivity contribution in [2.45, 2.75) is 25.8 Å². The van der Waals surface area contributed by atoms with Crippen LogP contribution in [0.3, 0.4) is 0 Å². The van der Waals surface area contributed by atoms with Crippen molar-refractivity contribution in [2.24, 2.45) is 0 Å². The highest BCUT2D eigenvalue weighted by Gasteiger charge is 2.34. The molecule has 0 spiro atoms. The summed E-state index contributed by atoms with van der Waals surface area (Å²) in [6.07, 6.45) is 3.24. The number of nitrogens with zero attached hydrogens (tertiary/aromatic N) is 3. The average Bonchev–Trinajstić information content (AvgIpc) is 3.07. The van der Waals surface area contributed by atoms with Gasteiger partial charge in [0.05, 0.1) is 15.2 Å². The van der Waals surface area contributed by atoms with Gasteiger partial charge in [-0.1, -0.05) is 29.8 Å². The van der Waals surface area contributed by atoms with Crippen molar-refractivity contribution < 1.29 is 9.90 Å². The van der Waals surface area contributed by atoms with Crippen molar-refractivity contribution in [1.82, 2.24) is 9.97 Å². The summed E-state index contributed by atoms with van der Waals surface area (Å²) in [5.74, 6) is -0.0747. The highest BCUT2D eigenvalue weighted by atomic mass is 35.5. The lowest BCUT2D eigenvalue weighted by Crippen LogP contribution is -2.52. The van der Waals surface area contributed by atoms with Crippen LogP contribution in [0.25, 0.3) is 21.3 Å². The number of aliphatic carboxylic acids is 1. The fourth-order valence-electron chi connectivity index (χ4n) is 4.02. The van der Waals surface area contributed by atoms with Crippen LogP contribution in [-0.2, 0) is 11.2 Å². The van der Waals surface area contributed by atoms with E-state index in [0.29, 0.717) is 11.4 Å². The van der Waals surface area contributed by atoms with E-state index in [4.69, 9.17) is 16.6 Å². The number of aryl methyl sites for hydroxylation is 1. The SMILES string of the molecule is Cc1nc2c(-c3cccc(Cl)c3)cc(Cc3ccc(N4CC[C@H]4C(=O)O)nc3)cc2s1.Cl. The van der Waals surface area contributed by atoms with Crippen LogP contribution in [0.15, 0.2) is 54.7 Å². The molecule has 0 radical (unpaired) electrons. The maximum atomic E-state index is 11.3. The van der Waals surface area contributed by atoms with Crippen LogP contribution >= 0.6 is 35.3 Å². The summed E-state index contributed by atoms with van der Waals surface area (Å²) in [7, 11) is 0. The van der Waals surface area contributed by atoms with E-state index in [9.17, 15) is 9.90 Å². The second-order valence-corrected chi connectivity index (χ2v) is 9.44. The van der Waals surface area contributed by atoms with Crippen molar-refractivity contribution in [1.29, 1.82) is 0 Å².